The SMILES string of the molecule is NC(=O)C(c1ccc(N)cc1)c1ccc(Nc2cc(-c3cccc4c3oc3ccccc34)ncn2)cc1.O=C(O)C(F)(F)F. The van der Waals surface area contributed by atoms with Gasteiger partial charge in [-0.15, -0.1) is 0 Å². The maximum Gasteiger partial charge on any atom is 0.490 e. The summed E-state index contributed by atoms with van der Waals surface area (Å²) in [6.45, 7) is 0. The smallest absolute Gasteiger partial charge is 0.475 e. The van der Waals surface area contributed by atoms with Gasteiger partial charge in [-0.25, -0.2) is 14.8 Å². The van der Waals surface area contributed by atoms with Crippen molar-refractivity contribution >= 4 is 51.0 Å². The van der Waals surface area contributed by atoms with Crippen LogP contribution in [-0.2, 0) is 9.59 Å². The number of hydrogen-bond donors (Lipinski definition) is 4. The molecule has 9 nitrogen and oxygen atoms in total. The summed E-state index contributed by atoms with van der Waals surface area (Å²) in [5.74, 6) is -3.11. The lowest BCUT2D eigenvalue weighted by molar-refractivity contribution is -0.192. The van der Waals surface area contributed by atoms with Crippen LogP contribution in [0.15, 0.2) is 108 Å². The number of aromatic nitrogens is 2. The van der Waals surface area contributed by atoms with Gasteiger partial charge in [0.05, 0.1) is 11.6 Å². The number of nitrogens with two attached hydrogens (primary N) is 2. The first-order chi connectivity index (χ1) is 21.0. The largest absolute Gasteiger partial charge is 0.490 e. The number of nitrogens with one attached hydrogen (secondary N) is 1. The molecular weight excluding hydrogens is 575 g/mol. The summed E-state index contributed by atoms with van der Waals surface area (Å²) in [7, 11) is 0. The average Bonchev–Trinajstić information content (AvgIpc) is 3.38. The van der Waals surface area contributed by atoms with Gasteiger partial charge in [-0.3, -0.25) is 4.79 Å². The molecule has 2 heterocycles. The Bertz CT molecular complexity index is 1960. The monoisotopic (exact) mass is 599 g/mol. The number of rotatable bonds is 6. The quantitative estimate of drug-likeness (QED) is 0.156. The van der Waals surface area contributed by atoms with E-state index in [1.165, 1.54) is 6.33 Å². The molecule has 0 fully saturated rings. The van der Waals surface area contributed by atoms with Crippen LogP contribution in [0.3, 0.4) is 0 Å². The normalized spacial score (nSPS) is 11.9. The molecule has 0 spiro atoms. The van der Waals surface area contributed by atoms with E-state index in [0.717, 1.165) is 50.0 Å². The van der Waals surface area contributed by atoms with Gasteiger partial charge < -0.3 is 26.3 Å². The second-order valence-electron chi connectivity index (χ2n) is 9.62. The zero-order valence-corrected chi connectivity index (χ0v) is 22.7. The van der Waals surface area contributed by atoms with Gasteiger partial charge in [0.15, 0.2) is 0 Å². The van der Waals surface area contributed by atoms with Crippen molar-refractivity contribution in [2.24, 2.45) is 5.73 Å². The molecule has 1 unspecified atom stereocenters. The highest BCUT2D eigenvalue weighted by atomic mass is 19.4. The molecule has 0 saturated heterocycles. The van der Waals surface area contributed by atoms with E-state index < -0.39 is 24.0 Å². The molecule has 6 rings (SSSR count). The number of nitrogen functional groups attached to an aromatic ring is 1. The van der Waals surface area contributed by atoms with Crippen molar-refractivity contribution in [2.45, 2.75) is 12.1 Å². The summed E-state index contributed by atoms with van der Waals surface area (Å²) in [5, 5.41) is 12.6. The van der Waals surface area contributed by atoms with Crippen molar-refractivity contribution in [3.05, 3.63) is 115 Å². The van der Waals surface area contributed by atoms with Crippen LogP contribution in [0, 0.1) is 0 Å². The molecule has 1 atom stereocenters. The third kappa shape index (κ3) is 6.44. The molecule has 0 aliphatic carbocycles. The van der Waals surface area contributed by atoms with Crippen LogP contribution in [-0.4, -0.2) is 33.1 Å². The molecule has 222 valence electrons. The molecule has 4 aromatic carbocycles. The van der Waals surface area contributed by atoms with Crippen LogP contribution < -0.4 is 16.8 Å². The number of nitrogens with zero attached hydrogens (tertiary/aromatic N) is 2. The highest BCUT2D eigenvalue weighted by Gasteiger charge is 2.38. The maximum atomic E-state index is 12.2. The molecule has 0 saturated carbocycles. The highest BCUT2D eigenvalue weighted by Crippen LogP contribution is 2.35. The molecule has 6 N–H and O–H groups in total. The van der Waals surface area contributed by atoms with Gasteiger partial charge in [-0.05, 0) is 47.5 Å². The number of aliphatic carboxylic acids is 1. The van der Waals surface area contributed by atoms with Gasteiger partial charge in [0.2, 0.25) is 5.91 Å². The molecule has 0 bridgehead atoms. The molecule has 0 radical (unpaired) electrons. The van der Waals surface area contributed by atoms with Gasteiger partial charge in [0, 0.05) is 33.8 Å². The number of amides is 1. The van der Waals surface area contributed by atoms with Crippen molar-refractivity contribution in [1.29, 1.82) is 0 Å². The van der Waals surface area contributed by atoms with E-state index in [-0.39, 0.29) is 0 Å². The van der Waals surface area contributed by atoms with E-state index in [1.54, 1.807) is 12.1 Å². The van der Waals surface area contributed by atoms with Crippen molar-refractivity contribution in [3.63, 3.8) is 0 Å². The molecule has 0 aliphatic heterocycles. The van der Waals surface area contributed by atoms with Crippen molar-refractivity contribution in [1.82, 2.24) is 9.97 Å². The molecule has 2 aromatic heterocycles. The van der Waals surface area contributed by atoms with Crippen molar-refractivity contribution in [2.75, 3.05) is 11.1 Å². The van der Waals surface area contributed by atoms with Gasteiger partial charge in [0.25, 0.3) is 0 Å². The third-order valence-corrected chi connectivity index (χ3v) is 6.66. The van der Waals surface area contributed by atoms with Gasteiger partial charge in [0.1, 0.15) is 23.3 Å². The van der Waals surface area contributed by atoms with Crippen LogP contribution >= 0.6 is 0 Å². The van der Waals surface area contributed by atoms with E-state index in [2.05, 4.69) is 27.4 Å². The second kappa shape index (κ2) is 12.1. The standard InChI is InChI=1S/C30H23N5O2.C2HF3O2/c31-20-12-8-18(9-13-20)28(30(32)36)19-10-14-21(15-11-19)35-27-16-25(33-17-34-27)24-6-3-5-23-22-4-1-2-7-26(22)37-29(23)24;3-2(4,5)1(6)7/h1-17,28H,31H2,(H2,32,36)(H,33,34,35);(H,6,7). The van der Waals surface area contributed by atoms with Crippen LogP contribution in [0.4, 0.5) is 30.4 Å². The average molecular weight is 600 g/mol. The summed E-state index contributed by atoms with van der Waals surface area (Å²) in [6, 6.07) is 30.6. The zero-order chi connectivity index (χ0) is 31.4. The first-order valence-corrected chi connectivity index (χ1v) is 13.1. The number of para-hydroxylation sites is 2. The van der Waals surface area contributed by atoms with E-state index in [1.807, 2.05) is 72.8 Å². The Morgan fingerprint density at radius 2 is 1.45 bits per heavy atom. The van der Waals surface area contributed by atoms with Gasteiger partial charge >= 0.3 is 12.1 Å². The maximum absolute atomic E-state index is 12.2. The minimum absolute atomic E-state index is 0.425. The number of halogens is 3. The van der Waals surface area contributed by atoms with E-state index >= 15 is 0 Å². The van der Waals surface area contributed by atoms with Crippen molar-refractivity contribution < 1.29 is 32.3 Å². The molecular formula is C32H24F3N5O4. The lowest BCUT2D eigenvalue weighted by atomic mass is 9.90. The Hall–Kier alpha value is -5.91. The zero-order valence-electron chi connectivity index (χ0n) is 22.7. The Morgan fingerprint density at radius 3 is 2.09 bits per heavy atom. The number of furan rings is 1. The number of primary amides is 1. The third-order valence-electron chi connectivity index (χ3n) is 6.66. The number of alkyl halides is 3. The lowest BCUT2D eigenvalue weighted by Crippen LogP contribution is -2.22. The van der Waals surface area contributed by atoms with Crippen molar-refractivity contribution in [3.8, 4) is 11.3 Å². The predicted octanol–water partition coefficient (Wildman–Crippen LogP) is 6.62. The minimum Gasteiger partial charge on any atom is -0.475 e. The summed E-state index contributed by atoms with van der Waals surface area (Å²) in [6.07, 6.45) is -3.56. The van der Waals surface area contributed by atoms with Crippen LogP contribution in [0.2, 0.25) is 0 Å². The van der Waals surface area contributed by atoms with E-state index in [0.29, 0.717) is 11.5 Å². The molecule has 44 heavy (non-hydrogen) atoms. The summed E-state index contributed by atoms with van der Waals surface area (Å²) >= 11 is 0. The number of anilines is 3. The Balaban J connectivity index is 0.000000493. The minimum atomic E-state index is -5.08. The summed E-state index contributed by atoms with van der Waals surface area (Å²) in [4.78, 5) is 30.0. The Morgan fingerprint density at radius 1 is 0.841 bits per heavy atom. The highest BCUT2D eigenvalue weighted by molar-refractivity contribution is 6.09. The number of hydrogen-bond acceptors (Lipinski definition) is 7. The number of carboxylic acid groups (broad SMARTS) is 1. The predicted molar refractivity (Wildman–Crippen MR) is 160 cm³/mol. The number of carbonyl (C=O) groups excluding carboxylic acids is 1. The Kier molecular flexibility index (Phi) is 8.16. The fourth-order valence-electron chi connectivity index (χ4n) is 4.64. The van der Waals surface area contributed by atoms with Crippen LogP contribution in [0.25, 0.3) is 33.2 Å². The fraction of sp³-hybridized carbons (Fsp3) is 0.0625. The molecule has 1 amide bonds. The molecule has 6 aromatic rings. The number of carbonyl (C=O) groups is 2. The lowest BCUT2D eigenvalue weighted by Gasteiger charge is -2.15. The Labute approximate surface area is 248 Å². The summed E-state index contributed by atoms with van der Waals surface area (Å²) < 4.78 is 37.9. The molecule has 0 aliphatic rings. The number of carboxylic acids is 1. The van der Waals surface area contributed by atoms with Gasteiger partial charge in [-0.1, -0.05) is 54.6 Å². The topological polar surface area (TPSA) is 157 Å². The first-order valence-electron chi connectivity index (χ1n) is 13.1. The van der Waals surface area contributed by atoms with Crippen LogP contribution in [0.5, 0.6) is 0 Å². The molecule has 12 heteroatoms. The number of fused-ring (bicyclic) bond motifs is 3. The van der Waals surface area contributed by atoms with E-state index in [9.17, 15) is 18.0 Å². The summed E-state index contributed by atoms with van der Waals surface area (Å²) in [5.41, 5.74) is 17.8. The van der Waals surface area contributed by atoms with E-state index in [4.69, 9.17) is 25.8 Å². The number of benzene rings is 4. The fourth-order valence-corrected chi connectivity index (χ4v) is 4.64. The first kappa shape index (κ1) is 29.6. The van der Waals surface area contributed by atoms with Gasteiger partial charge in [-0.2, -0.15) is 13.2 Å². The second-order valence-corrected chi connectivity index (χ2v) is 9.62. The van der Waals surface area contributed by atoms with Crippen LogP contribution in [0.1, 0.15) is 17.0 Å².